The fourth-order valence-corrected chi connectivity index (χ4v) is 1.94. The highest BCUT2D eigenvalue weighted by molar-refractivity contribution is 7.80. The molecule has 0 fully saturated rings. The third kappa shape index (κ3) is 4.85. The summed E-state index contributed by atoms with van der Waals surface area (Å²) in [4.78, 5) is 11.8. The molecule has 0 bridgehead atoms. The second kappa shape index (κ2) is 7.72. The molecule has 2 N–H and O–H groups in total. The third-order valence-corrected chi connectivity index (χ3v) is 2.92. The van der Waals surface area contributed by atoms with Gasteiger partial charge in [0.1, 0.15) is 0 Å². The van der Waals surface area contributed by atoms with Gasteiger partial charge in [-0.15, -0.1) is 0 Å². The first-order valence-corrected chi connectivity index (χ1v) is 6.93. The van der Waals surface area contributed by atoms with Crippen LogP contribution in [-0.4, -0.2) is 11.0 Å². The Balaban J connectivity index is 1.90. The molecule has 0 aromatic heterocycles. The SMILES string of the molecule is N#Cc1cccc(NC(=S)NC(=O)/C=C/c2ccccc2)c1. The smallest absolute Gasteiger partial charge is 0.250 e. The lowest BCUT2D eigenvalue weighted by atomic mass is 10.2. The van der Waals surface area contributed by atoms with E-state index in [1.54, 1.807) is 30.3 Å². The van der Waals surface area contributed by atoms with Crippen molar-refractivity contribution in [3.8, 4) is 6.07 Å². The number of carbonyl (C=O) groups excluding carboxylic acids is 1. The van der Waals surface area contributed by atoms with E-state index in [-0.39, 0.29) is 11.0 Å². The van der Waals surface area contributed by atoms with Gasteiger partial charge < -0.3 is 5.32 Å². The van der Waals surface area contributed by atoms with Gasteiger partial charge in [0, 0.05) is 11.8 Å². The Morgan fingerprint density at radius 3 is 2.64 bits per heavy atom. The van der Waals surface area contributed by atoms with Crippen molar-refractivity contribution >= 4 is 35.0 Å². The molecule has 0 saturated carbocycles. The lowest BCUT2D eigenvalue weighted by Gasteiger charge is -2.08. The molecule has 108 valence electrons. The van der Waals surface area contributed by atoms with Crippen LogP contribution in [0.3, 0.4) is 0 Å². The van der Waals surface area contributed by atoms with Crippen molar-refractivity contribution in [2.75, 3.05) is 5.32 Å². The normalized spacial score (nSPS) is 9.95. The number of nitriles is 1. The molecule has 0 spiro atoms. The van der Waals surface area contributed by atoms with Crippen LogP contribution in [-0.2, 0) is 4.79 Å². The maximum atomic E-state index is 11.8. The fourth-order valence-electron chi connectivity index (χ4n) is 1.72. The molecule has 22 heavy (non-hydrogen) atoms. The molecule has 0 aliphatic rings. The van der Waals surface area contributed by atoms with E-state index >= 15 is 0 Å². The number of amides is 1. The molecule has 5 heteroatoms. The molecule has 0 heterocycles. The number of benzene rings is 2. The monoisotopic (exact) mass is 307 g/mol. The van der Waals surface area contributed by atoms with Crippen LogP contribution in [0.4, 0.5) is 5.69 Å². The summed E-state index contributed by atoms with van der Waals surface area (Å²) < 4.78 is 0. The summed E-state index contributed by atoms with van der Waals surface area (Å²) in [5.41, 5.74) is 2.10. The maximum absolute atomic E-state index is 11.8. The Bertz CT molecular complexity index is 748. The summed E-state index contributed by atoms with van der Waals surface area (Å²) in [5, 5.41) is 14.4. The number of carbonyl (C=O) groups is 1. The first-order valence-electron chi connectivity index (χ1n) is 6.52. The molecule has 2 aromatic rings. The molecule has 1 amide bonds. The van der Waals surface area contributed by atoms with Crippen LogP contribution in [0.15, 0.2) is 60.7 Å². The van der Waals surface area contributed by atoms with E-state index in [1.165, 1.54) is 6.08 Å². The Hall–Kier alpha value is -2.97. The molecular weight excluding hydrogens is 294 g/mol. The van der Waals surface area contributed by atoms with E-state index < -0.39 is 0 Å². The molecule has 0 unspecified atom stereocenters. The van der Waals surface area contributed by atoms with Gasteiger partial charge in [-0.05, 0) is 42.1 Å². The standard InChI is InChI=1S/C17H13N3OS/c18-12-14-7-4-8-15(11-14)19-17(22)20-16(21)10-9-13-5-2-1-3-6-13/h1-11H,(H2,19,20,21,22)/b10-9+. The van der Waals surface area contributed by atoms with Gasteiger partial charge in [0.25, 0.3) is 0 Å². The van der Waals surface area contributed by atoms with E-state index in [0.29, 0.717) is 11.3 Å². The Kier molecular flexibility index (Phi) is 5.41. The van der Waals surface area contributed by atoms with E-state index in [1.807, 2.05) is 36.4 Å². The third-order valence-electron chi connectivity index (χ3n) is 2.71. The van der Waals surface area contributed by atoms with Crippen LogP contribution in [0.2, 0.25) is 0 Å². The van der Waals surface area contributed by atoms with Crippen LogP contribution >= 0.6 is 12.2 Å². The summed E-state index contributed by atoms with van der Waals surface area (Å²) in [5.74, 6) is -0.321. The average Bonchev–Trinajstić information content (AvgIpc) is 2.54. The van der Waals surface area contributed by atoms with Gasteiger partial charge in [-0.3, -0.25) is 10.1 Å². The fraction of sp³-hybridized carbons (Fsp3) is 0. The van der Waals surface area contributed by atoms with Crippen molar-refractivity contribution in [3.05, 3.63) is 71.8 Å². The van der Waals surface area contributed by atoms with Crippen molar-refractivity contribution in [1.82, 2.24) is 5.32 Å². The Morgan fingerprint density at radius 1 is 1.14 bits per heavy atom. The van der Waals surface area contributed by atoms with Crippen molar-refractivity contribution in [3.63, 3.8) is 0 Å². The van der Waals surface area contributed by atoms with Crippen LogP contribution in [0.5, 0.6) is 0 Å². The van der Waals surface area contributed by atoms with Crippen molar-refractivity contribution in [2.24, 2.45) is 0 Å². The number of thiocarbonyl (C=S) groups is 1. The number of anilines is 1. The molecule has 0 aliphatic carbocycles. The minimum atomic E-state index is -0.321. The molecule has 0 atom stereocenters. The van der Waals surface area contributed by atoms with Gasteiger partial charge in [-0.2, -0.15) is 5.26 Å². The first-order chi connectivity index (χ1) is 10.7. The molecule has 4 nitrogen and oxygen atoms in total. The number of hydrogen-bond donors (Lipinski definition) is 2. The molecule has 0 saturated heterocycles. The average molecular weight is 307 g/mol. The molecule has 2 rings (SSSR count). The first kappa shape index (κ1) is 15.4. The zero-order valence-electron chi connectivity index (χ0n) is 11.6. The number of nitrogens with one attached hydrogen (secondary N) is 2. The summed E-state index contributed by atoms with van der Waals surface area (Å²) in [6.07, 6.45) is 3.11. The highest BCUT2D eigenvalue weighted by Crippen LogP contribution is 2.09. The minimum absolute atomic E-state index is 0.179. The summed E-state index contributed by atoms with van der Waals surface area (Å²) in [6.45, 7) is 0. The van der Waals surface area contributed by atoms with Crippen molar-refractivity contribution in [2.45, 2.75) is 0 Å². The van der Waals surface area contributed by atoms with E-state index in [0.717, 1.165) is 5.56 Å². The lowest BCUT2D eigenvalue weighted by Crippen LogP contribution is -2.32. The molecule has 0 aliphatic heterocycles. The van der Waals surface area contributed by atoms with Crippen molar-refractivity contribution < 1.29 is 4.79 Å². The Morgan fingerprint density at radius 2 is 1.91 bits per heavy atom. The predicted molar refractivity (Wildman–Crippen MR) is 91.0 cm³/mol. The second-order valence-corrected chi connectivity index (χ2v) is 4.79. The van der Waals surface area contributed by atoms with Gasteiger partial charge in [-0.1, -0.05) is 36.4 Å². The van der Waals surface area contributed by atoms with Gasteiger partial charge >= 0.3 is 0 Å². The quantitative estimate of drug-likeness (QED) is 0.675. The summed E-state index contributed by atoms with van der Waals surface area (Å²) in [7, 11) is 0. The zero-order valence-corrected chi connectivity index (χ0v) is 12.4. The zero-order chi connectivity index (χ0) is 15.8. The number of nitrogens with zero attached hydrogens (tertiary/aromatic N) is 1. The van der Waals surface area contributed by atoms with Crippen LogP contribution < -0.4 is 10.6 Å². The summed E-state index contributed by atoms with van der Waals surface area (Å²) in [6, 6.07) is 18.4. The van der Waals surface area contributed by atoms with E-state index in [9.17, 15) is 4.79 Å². The highest BCUT2D eigenvalue weighted by atomic mass is 32.1. The van der Waals surface area contributed by atoms with Gasteiger partial charge in [-0.25, -0.2) is 0 Å². The van der Waals surface area contributed by atoms with Crippen molar-refractivity contribution in [1.29, 1.82) is 5.26 Å². The Labute approximate surface area is 134 Å². The molecular formula is C17H13N3OS. The van der Waals surface area contributed by atoms with Gasteiger partial charge in [0.05, 0.1) is 11.6 Å². The second-order valence-electron chi connectivity index (χ2n) is 4.38. The maximum Gasteiger partial charge on any atom is 0.250 e. The number of rotatable bonds is 3. The highest BCUT2D eigenvalue weighted by Gasteiger charge is 2.02. The summed E-state index contributed by atoms with van der Waals surface area (Å²) >= 11 is 5.06. The lowest BCUT2D eigenvalue weighted by molar-refractivity contribution is -0.115. The minimum Gasteiger partial charge on any atom is -0.332 e. The van der Waals surface area contributed by atoms with Gasteiger partial charge in [0.2, 0.25) is 5.91 Å². The van der Waals surface area contributed by atoms with Crippen LogP contribution in [0.25, 0.3) is 6.08 Å². The molecule has 2 aromatic carbocycles. The van der Waals surface area contributed by atoms with E-state index in [4.69, 9.17) is 17.5 Å². The van der Waals surface area contributed by atoms with Crippen LogP contribution in [0, 0.1) is 11.3 Å². The predicted octanol–water partition coefficient (Wildman–Crippen LogP) is 3.08. The van der Waals surface area contributed by atoms with Gasteiger partial charge in [0.15, 0.2) is 5.11 Å². The molecule has 0 radical (unpaired) electrons. The van der Waals surface area contributed by atoms with Crippen LogP contribution in [0.1, 0.15) is 11.1 Å². The number of hydrogen-bond acceptors (Lipinski definition) is 3. The topological polar surface area (TPSA) is 64.9 Å². The largest absolute Gasteiger partial charge is 0.332 e. The van der Waals surface area contributed by atoms with E-state index in [2.05, 4.69) is 10.6 Å².